The van der Waals surface area contributed by atoms with Crippen molar-refractivity contribution in [1.82, 2.24) is 9.97 Å². The maximum absolute atomic E-state index is 14.0. The predicted molar refractivity (Wildman–Crippen MR) is 163 cm³/mol. The molecule has 1 aliphatic heterocycles. The Morgan fingerprint density at radius 3 is 2.16 bits per heavy atom. The molecule has 228 valence electrons. The Morgan fingerprint density at radius 2 is 1.56 bits per heavy atom. The van der Waals surface area contributed by atoms with Gasteiger partial charge in [-0.05, 0) is 53.1 Å². The van der Waals surface area contributed by atoms with E-state index in [1.807, 2.05) is 0 Å². The number of ether oxygens (including phenoxy) is 3. The van der Waals surface area contributed by atoms with E-state index in [2.05, 4.69) is 9.97 Å². The number of nitro benzene ring substituents is 1. The first-order chi connectivity index (χ1) is 21.6. The van der Waals surface area contributed by atoms with Crippen molar-refractivity contribution in [3.63, 3.8) is 0 Å². The van der Waals surface area contributed by atoms with Crippen LogP contribution in [0.15, 0.2) is 93.7 Å². The highest BCUT2D eigenvalue weighted by molar-refractivity contribution is 6.09. The molecule has 0 bridgehead atoms. The summed E-state index contributed by atoms with van der Waals surface area (Å²) < 4.78 is 16.1. The number of rotatable bonds is 9. The molecule has 2 heterocycles. The minimum atomic E-state index is -1.22. The second-order valence-corrected chi connectivity index (χ2v) is 9.71. The van der Waals surface area contributed by atoms with Crippen molar-refractivity contribution in [2.45, 2.75) is 5.92 Å². The van der Waals surface area contributed by atoms with Crippen molar-refractivity contribution in [2.24, 2.45) is 0 Å². The number of carbonyl (C=O) groups excluding carboxylic acids is 1. The van der Waals surface area contributed by atoms with Gasteiger partial charge >= 0.3 is 5.69 Å². The van der Waals surface area contributed by atoms with Crippen molar-refractivity contribution < 1.29 is 34.1 Å². The molecule has 0 aliphatic carbocycles. The van der Waals surface area contributed by atoms with Crippen LogP contribution in [0.1, 0.15) is 28.2 Å². The van der Waals surface area contributed by atoms with Crippen LogP contribution >= 0.6 is 0 Å². The number of nitro groups is 1. The highest BCUT2D eigenvalue weighted by Gasteiger charge is 2.37. The van der Waals surface area contributed by atoms with Crippen LogP contribution < -0.4 is 25.5 Å². The van der Waals surface area contributed by atoms with E-state index in [1.54, 1.807) is 12.1 Å². The topological polar surface area (TPSA) is 194 Å². The van der Waals surface area contributed by atoms with Crippen LogP contribution in [0.3, 0.4) is 0 Å². The minimum Gasteiger partial charge on any atom is -0.504 e. The number of H-pyrrole nitrogens is 2. The van der Waals surface area contributed by atoms with Gasteiger partial charge in [-0.15, -0.1) is 0 Å². The van der Waals surface area contributed by atoms with E-state index in [9.17, 15) is 34.7 Å². The smallest absolute Gasteiger partial charge is 0.328 e. The lowest BCUT2D eigenvalue weighted by atomic mass is 9.81. The lowest BCUT2D eigenvalue weighted by molar-refractivity contribution is -0.384. The van der Waals surface area contributed by atoms with Gasteiger partial charge in [0.1, 0.15) is 5.76 Å². The maximum Gasteiger partial charge on any atom is 0.328 e. The van der Waals surface area contributed by atoms with Crippen LogP contribution in [-0.4, -0.2) is 45.1 Å². The summed E-state index contributed by atoms with van der Waals surface area (Å²) in [6.45, 7) is 0. The molecule has 0 saturated carbocycles. The van der Waals surface area contributed by atoms with E-state index in [0.717, 1.165) is 0 Å². The number of fused-ring (bicyclic) bond motifs is 1. The van der Waals surface area contributed by atoms with Crippen LogP contribution in [0.2, 0.25) is 0 Å². The minimum absolute atomic E-state index is 0.0801. The van der Waals surface area contributed by atoms with Gasteiger partial charge in [-0.2, -0.15) is 0 Å². The van der Waals surface area contributed by atoms with E-state index in [0.29, 0.717) is 11.1 Å². The first kappa shape index (κ1) is 30.1. The largest absolute Gasteiger partial charge is 0.504 e. The molecular formula is C32H25N3O10. The number of phenolic OH excluding ortho intramolecular Hbond substituents is 2. The molecule has 1 unspecified atom stereocenters. The maximum atomic E-state index is 14.0. The molecular weight excluding hydrogens is 586 g/mol. The van der Waals surface area contributed by atoms with Gasteiger partial charge in [0.2, 0.25) is 5.88 Å². The number of nitrogens with one attached hydrogen (secondary N) is 2. The number of non-ortho nitro benzene ring substituents is 1. The summed E-state index contributed by atoms with van der Waals surface area (Å²) in [4.78, 5) is 55.0. The number of benzene rings is 3. The number of methoxy groups -OCH3 is 2. The Morgan fingerprint density at radius 1 is 0.911 bits per heavy atom. The van der Waals surface area contributed by atoms with Crippen LogP contribution in [0, 0.1) is 10.1 Å². The first-order valence-corrected chi connectivity index (χ1v) is 13.3. The van der Waals surface area contributed by atoms with Crippen LogP contribution in [0.5, 0.6) is 28.9 Å². The molecule has 3 aromatic carbocycles. The molecule has 13 nitrogen and oxygen atoms in total. The van der Waals surface area contributed by atoms with Crippen molar-refractivity contribution >= 4 is 23.6 Å². The fourth-order valence-corrected chi connectivity index (χ4v) is 4.86. The van der Waals surface area contributed by atoms with Gasteiger partial charge in [-0.3, -0.25) is 29.7 Å². The number of phenols is 2. The fourth-order valence-electron chi connectivity index (χ4n) is 4.86. The third kappa shape index (κ3) is 6.22. The van der Waals surface area contributed by atoms with Gasteiger partial charge in [0, 0.05) is 12.1 Å². The van der Waals surface area contributed by atoms with E-state index < -0.39 is 27.9 Å². The highest BCUT2D eigenvalue weighted by Crippen LogP contribution is 2.42. The summed E-state index contributed by atoms with van der Waals surface area (Å²) in [6.07, 6.45) is 5.55. The predicted octanol–water partition coefficient (Wildman–Crippen LogP) is 4.17. The zero-order chi connectivity index (χ0) is 32.2. The molecule has 4 N–H and O–H groups in total. The molecule has 0 spiro atoms. The molecule has 1 atom stereocenters. The van der Waals surface area contributed by atoms with Crippen LogP contribution in [0.4, 0.5) is 5.69 Å². The standard InChI is InChI=1S/C32H25N3O10/c1-43-24-11-7-17(14-22(24)37)6-10-21(36)28-26(13-9-18-8-12-25(44-2)23(38)15-18)45-31-29(30(39)33-32(40)34-31)27(28)19-4-3-5-20(16-19)35(41)42/h3-16,27,37-38H,1-2H3,(H2,33,34,39,40)/b10-6+,13-9+. The van der Waals surface area contributed by atoms with Crippen LogP contribution in [0.25, 0.3) is 12.2 Å². The van der Waals surface area contributed by atoms with Crippen molar-refractivity contribution in [1.29, 1.82) is 0 Å². The summed E-state index contributed by atoms with van der Waals surface area (Å²) >= 11 is 0. The van der Waals surface area contributed by atoms with Gasteiger partial charge in [0.15, 0.2) is 28.8 Å². The zero-order valence-electron chi connectivity index (χ0n) is 23.8. The van der Waals surface area contributed by atoms with Crippen LogP contribution in [-0.2, 0) is 4.79 Å². The van der Waals surface area contributed by atoms with E-state index in [-0.39, 0.29) is 57.0 Å². The number of ketones is 1. The lowest BCUT2D eigenvalue weighted by Gasteiger charge is -2.27. The third-order valence-electron chi connectivity index (χ3n) is 6.94. The summed E-state index contributed by atoms with van der Waals surface area (Å²) in [7, 11) is 2.80. The van der Waals surface area contributed by atoms with E-state index >= 15 is 0 Å². The molecule has 4 aromatic rings. The average molecular weight is 612 g/mol. The number of nitrogens with zero attached hydrogens (tertiary/aromatic N) is 1. The summed E-state index contributed by atoms with van der Waals surface area (Å²) in [5.41, 5.74) is -1.11. The third-order valence-corrected chi connectivity index (χ3v) is 6.94. The van der Waals surface area contributed by atoms with Gasteiger partial charge in [0.25, 0.3) is 11.2 Å². The summed E-state index contributed by atoms with van der Waals surface area (Å²) in [5.74, 6) is -2.03. The van der Waals surface area contributed by atoms with Gasteiger partial charge in [-0.1, -0.05) is 36.4 Å². The Bertz CT molecular complexity index is 2040. The van der Waals surface area contributed by atoms with Crippen molar-refractivity contribution in [3.05, 3.63) is 137 Å². The molecule has 0 radical (unpaired) electrons. The number of aromatic nitrogens is 2. The second kappa shape index (κ2) is 12.5. The summed E-state index contributed by atoms with van der Waals surface area (Å²) in [6, 6.07) is 14.5. The molecule has 0 amide bonds. The first-order valence-electron chi connectivity index (χ1n) is 13.3. The number of aromatic hydroxyl groups is 2. The number of hydrogen-bond donors (Lipinski definition) is 4. The molecule has 13 heteroatoms. The Labute approximate surface area is 254 Å². The lowest BCUT2D eigenvalue weighted by Crippen LogP contribution is -2.33. The monoisotopic (exact) mass is 611 g/mol. The quantitative estimate of drug-likeness (QED) is 0.121. The number of hydrogen-bond acceptors (Lipinski definition) is 10. The average Bonchev–Trinajstić information content (AvgIpc) is 3.02. The van der Waals surface area contributed by atoms with E-state index in [1.165, 1.54) is 87.1 Å². The Hall–Kier alpha value is -6.37. The van der Waals surface area contributed by atoms with Gasteiger partial charge in [-0.25, -0.2) is 4.79 Å². The molecule has 5 rings (SSSR count). The van der Waals surface area contributed by atoms with Gasteiger partial charge in [0.05, 0.1) is 36.2 Å². The number of carbonyl (C=O) groups is 1. The molecule has 1 aromatic heterocycles. The molecule has 45 heavy (non-hydrogen) atoms. The SMILES string of the molecule is COc1ccc(/C=C/C(=O)C2=C(/C=C/c3ccc(OC)c(O)c3)Oc3[nH]c(=O)[nH]c(=O)c3C2c2cccc([N+](=O)[O-])c2)cc1O. The van der Waals surface area contributed by atoms with E-state index in [4.69, 9.17) is 14.2 Å². The highest BCUT2D eigenvalue weighted by atomic mass is 16.6. The van der Waals surface area contributed by atoms with Crippen molar-refractivity contribution in [2.75, 3.05) is 14.2 Å². The zero-order valence-corrected chi connectivity index (χ0v) is 23.8. The molecule has 1 aliphatic rings. The Kier molecular flexibility index (Phi) is 8.34. The van der Waals surface area contributed by atoms with Gasteiger partial charge < -0.3 is 24.4 Å². The van der Waals surface area contributed by atoms with Crippen molar-refractivity contribution in [3.8, 4) is 28.9 Å². The molecule has 0 saturated heterocycles. The normalized spacial score (nSPS) is 14.3. The Balaban J connectivity index is 1.71. The summed E-state index contributed by atoms with van der Waals surface area (Å²) in [5, 5.41) is 32.0. The fraction of sp³-hybridized carbons (Fsp3) is 0.0938. The number of aromatic amines is 2. The molecule has 0 fully saturated rings. The second-order valence-electron chi connectivity index (χ2n) is 9.71. The number of allylic oxidation sites excluding steroid dienone is 3.